The fourth-order valence-corrected chi connectivity index (χ4v) is 2.97. The molecule has 1 fully saturated rings. The lowest BCUT2D eigenvalue weighted by atomic mass is 9.99. The van der Waals surface area contributed by atoms with Crippen molar-refractivity contribution in [2.45, 2.75) is 42.2 Å². The second-order valence-corrected chi connectivity index (χ2v) is 5.90. The van der Waals surface area contributed by atoms with Crippen molar-refractivity contribution in [2.75, 3.05) is 13.7 Å². The number of oxime groups is 1. The lowest BCUT2D eigenvalue weighted by Gasteiger charge is -2.41. The van der Waals surface area contributed by atoms with Crippen molar-refractivity contribution in [1.82, 2.24) is 0 Å². The van der Waals surface area contributed by atoms with Crippen molar-refractivity contribution in [1.29, 1.82) is 0 Å². The first kappa shape index (κ1) is 17.6. The summed E-state index contributed by atoms with van der Waals surface area (Å²) in [6.45, 7) is -0.554. The van der Waals surface area contributed by atoms with Gasteiger partial charge in [-0.05, 0) is 12.2 Å². The molecule has 0 amide bonds. The smallest absolute Gasteiger partial charge is 0.188 e. The molecule has 2 heterocycles. The number of nitrogens with zero attached hydrogens (tertiary/aromatic N) is 1. The summed E-state index contributed by atoms with van der Waals surface area (Å²) < 4.78 is 10.7. The van der Waals surface area contributed by atoms with Gasteiger partial charge in [0.05, 0.1) is 6.61 Å². The number of ether oxygens (including phenoxy) is 2. The highest BCUT2D eigenvalue weighted by molar-refractivity contribution is 8.14. The SMILES string of the molecule is CO/N=C1/C=C[C@@H](O)[C@H](O[C@@H]2O[C@H](CO)[C@@H](O)[C@H](O)[C@H]2O)S1. The van der Waals surface area contributed by atoms with Crippen molar-refractivity contribution in [3.63, 3.8) is 0 Å². The average molecular weight is 337 g/mol. The van der Waals surface area contributed by atoms with E-state index in [0.717, 1.165) is 11.8 Å². The maximum absolute atomic E-state index is 9.90. The number of aliphatic hydroxyl groups excluding tert-OH is 5. The highest BCUT2D eigenvalue weighted by Gasteiger charge is 2.45. The number of hydrogen-bond acceptors (Lipinski definition) is 10. The zero-order valence-corrected chi connectivity index (χ0v) is 12.5. The van der Waals surface area contributed by atoms with Crippen LogP contribution in [0.25, 0.3) is 0 Å². The molecule has 2 aliphatic heterocycles. The number of hydrogen-bond donors (Lipinski definition) is 5. The molecule has 9 nitrogen and oxygen atoms in total. The summed E-state index contributed by atoms with van der Waals surface area (Å²) in [4.78, 5) is 4.63. The van der Waals surface area contributed by atoms with Gasteiger partial charge in [0.25, 0.3) is 0 Å². The largest absolute Gasteiger partial charge is 0.398 e. The first-order valence-electron chi connectivity index (χ1n) is 6.58. The Morgan fingerprint density at radius 1 is 1.23 bits per heavy atom. The molecule has 0 saturated carbocycles. The van der Waals surface area contributed by atoms with Crippen molar-refractivity contribution < 1.29 is 39.8 Å². The summed E-state index contributed by atoms with van der Waals surface area (Å²) in [5, 5.41) is 52.5. The molecule has 0 aromatic heterocycles. The van der Waals surface area contributed by atoms with Crippen molar-refractivity contribution >= 4 is 16.8 Å². The monoisotopic (exact) mass is 337 g/mol. The number of rotatable bonds is 4. The molecular weight excluding hydrogens is 318 g/mol. The van der Waals surface area contributed by atoms with Gasteiger partial charge < -0.3 is 39.8 Å². The molecule has 0 aromatic carbocycles. The summed E-state index contributed by atoms with van der Waals surface area (Å²) in [5.41, 5.74) is -0.861. The molecule has 2 rings (SSSR count). The second kappa shape index (κ2) is 7.70. The first-order chi connectivity index (χ1) is 10.5. The van der Waals surface area contributed by atoms with Crippen LogP contribution in [-0.2, 0) is 14.3 Å². The maximum Gasteiger partial charge on any atom is 0.188 e. The summed E-state index contributed by atoms with van der Waals surface area (Å²) in [7, 11) is 1.37. The van der Waals surface area contributed by atoms with E-state index in [0.29, 0.717) is 5.04 Å². The van der Waals surface area contributed by atoms with Gasteiger partial charge >= 0.3 is 0 Å². The van der Waals surface area contributed by atoms with E-state index in [1.54, 1.807) is 6.08 Å². The molecule has 0 bridgehead atoms. The predicted molar refractivity (Wildman–Crippen MR) is 75.8 cm³/mol. The van der Waals surface area contributed by atoms with Crippen LogP contribution in [0.15, 0.2) is 17.3 Å². The van der Waals surface area contributed by atoms with E-state index >= 15 is 0 Å². The topological polar surface area (TPSA) is 141 Å². The van der Waals surface area contributed by atoms with E-state index in [1.807, 2.05) is 0 Å². The van der Waals surface area contributed by atoms with Gasteiger partial charge in [-0.15, -0.1) is 0 Å². The lowest BCUT2D eigenvalue weighted by Crippen LogP contribution is -2.60. The molecule has 7 atom stereocenters. The third-order valence-electron chi connectivity index (χ3n) is 3.25. The van der Waals surface area contributed by atoms with Gasteiger partial charge in [0.2, 0.25) is 0 Å². The Balaban J connectivity index is 2.05. The van der Waals surface area contributed by atoms with Crippen LogP contribution in [0.2, 0.25) is 0 Å². The van der Waals surface area contributed by atoms with E-state index in [1.165, 1.54) is 13.2 Å². The van der Waals surface area contributed by atoms with E-state index in [9.17, 15) is 20.4 Å². The molecule has 10 heteroatoms. The fourth-order valence-electron chi connectivity index (χ4n) is 2.06. The van der Waals surface area contributed by atoms with Crippen molar-refractivity contribution in [3.05, 3.63) is 12.2 Å². The molecule has 1 saturated heterocycles. The van der Waals surface area contributed by atoms with Crippen molar-refractivity contribution in [2.24, 2.45) is 5.16 Å². The minimum absolute atomic E-state index is 0.447. The van der Waals surface area contributed by atoms with Gasteiger partial charge in [-0.25, -0.2) is 0 Å². The number of thioether (sulfide) groups is 1. The molecular formula is C12H19NO8S. The lowest BCUT2D eigenvalue weighted by molar-refractivity contribution is -0.307. The van der Waals surface area contributed by atoms with Gasteiger partial charge in [0.1, 0.15) is 48.1 Å². The second-order valence-electron chi connectivity index (χ2n) is 4.78. The van der Waals surface area contributed by atoms with Gasteiger partial charge in [0, 0.05) is 0 Å². The van der Waals surface area contributed by atoms with E-state index in [4.69, 9.17) is 14.6 Å². The molecule has 0 aromatic rings. The summed E-state index contributed by atoms with van der Waals surface area (Å²) >= 11 is 1.04. The van der Waals surface area contributed by atoms with Crippen LogP contribution in [0, 0.1) is 0 Å². The van der Waals surface area contributed by atoms with E-state index in [2.05, 4.69) is 9.99 Å². The molecule has 22 heavy (non-hydrogen) atoms. The maximum atomic E-state index is 9.90. The Kier molecular flexibility index (Phi) is 6.17. The van der Waals surface area contributed by atoms with Gasteiger partial charge in [-0.2, -0.15) is 0 Å². The highest BCUT2D eigenvalue weighted by atomic mass is 32.2. The fraction of sp³-hybridized carbons (Fsp3) is 0.750. The van der Waals surface area contributed by atoms with Crippen LogP contribution in [0.1, 0.15) is 0 Å². The van der Waals surface area contributed by atoms with Crippen LogP contribution in [0.5, 0.6) is 0 Å². The first-order valence-corrected chi connectivity index (χ1v) is 7.46. The zero-order valence-electron chi connectivity index (χ0n) is 11.7. The minimum atomic E-state index is -1.54. The van der Waals surface area contributed by atoms with Gasteiger partial charge in [-0.3, -0.25) is 0 Å². The minimum Gasteiger partial charge on any atom is -0.398 e. The quantitative estimate of drug-likeness (QED) is 0.360. The average Bonchev–Trinajstić information content (AvgIpc) is 2.51. The molecule has 126 valence electrons. The Bertz CT molecular complexity index is 431. The molecule has 2 aliphatic rings. The van der Waals surface area contributed by atoms with Crippen LogP contribution < -0.4 is 0 Å². The Morgan fingerprint density at radius 2 is 1.95 bits per heavy atom. The molecule has 0 radical (unpaired) electrons. The Morgan fingerprint density at radius 3 is 2.59 bits per heavy atom. The third-order valence-corrected chi connectivity index (χ3v) is 4.32. The molecule has 5 N–H and O–H groups in total. The van der Waals surface area contributed by atoms with Crippen molar-refractivity contribution in [3.8, 4) is 0 Å². The third kappa shape index (κ3) is 3.78. The Labute approximate surface area is 130 Å². The summed E-state index contributed by atoms with van der Waals surface area (Å²) in [6.07, 6.45) is -4.93. The molecule has 0 spiro atoms. The predicted octanol–water partition coefficient (Wildman–Crippen LogP) is -2.25. The van der Waals surface area contributed by atoms with E-state index in [-0.39, 0.29) is 0 Å². The van der Waals surface area contributed by atoms with Crippen LogP contribution in [-0.4, -0.2) is 86.5 Å². The summed E-state index contributed by atoms with van der Waals surface area (Å²) in [6, 6.07) is 0. The zero-order chi connectivity index (χ0) is 16.3. The van der Waals surface area contributed by atoms with Gasteiger partial charge in [-0.1, -0.05) is 16.9 Å². The van der Waals surface area contributed by atoms with Gasteiger partial charge in [0.15, 0.2) is 6.29 Å². The van der Waals surface area contributed by atoms with Crippen LogP contribution in [0.3, 0.4) is 0 Å². The van der Waals surface area contributed by atoms with Crippen LogP contribution >= 0.6 is 11.8 Å². The van der Waals surface area contributed by atoms with Crippen LogP contribution in [0.4, 0.5) is 0 Å². The van der Waals surface area contributed by atoms with E-state index < -0.39 is 48.9 Å². The molecule has 0 unspecified atom stereocenters. The molecule has 0 aliphatic carbocycles. The highest BCUT2D eigenvalue weighted by Crippen LogP contribution is 2.30. The standard InChI is InChI=1S/C12H19NO8S/c1-19-13-7-3-2-5(15)12(22-7)21-11-10(18)9(17)8(16)6(4-14)20-11/h2-3,5-6,8-12,14-18H,4H2,1H3/b13-7-/t5-,6-,8-,9+,10-,11+,12-/m1/s1. The summed E-state index contributed by atoms with van der Waals surface area (Å²) in [5.74, 6) is 0. The number of aliphatic hydroxyl groups is 5. The normalized spacial score (nSPS) is 44.3. The Hall–Kier alpha value is -0.720.